The van der Waals surface area contributed by atoms with E-state index in [1.807, 2.05) is 6.92 Å². The van der Waals surface area contributed by atoms with Crippen LogP contribution in [0.3, 0.4) is 0 Å². The number of benzene rings is 1. The predicted molar refractivity (Wildman–Crippen MR) is 79.0 cm³/mol. The van der Waals surface area contributed by atoms with Crippen LogP contribution >= 0.6 is 11.3 Å². The van der Waals surface area contributed by atoms with Crippen molar-refractivity contribution in [1.29, 1.82) is 0 Å². The average Bonchev–Trinajstić information content (AvgIpc) is 3.15. The molecular weight excluding hydrogens is 254 g/mol. The lowest BCUT2D eigenvalue weighted by Gasteiger charge is -2.26. The third-order valence-corrected chi connectivity index (χ3v) is 4.91. The zero-order valence-corrected chi connectivity index (χ0v) is 11.9. The van der Waals surface area contributed by atoms with Gasteiger partial charge in [0.1, 0.15) is 0 Å². The van der Waals surface area contributed by atoms with Gasteiger partial charge in [-0.25, -0.2) is 4.98 Å². The Kier molecular flexibility index (Phi) is 3.39. The second-order valence-electron chi connectivity index (χ2n) is 5.30. The van der Waals surface area contributed by atoms with Crippen LogP contribution in [0.4, 0.5) is 0 Å². The highest BCUT2D eigenvalue weighted by atomic mass is 32.1. The normalized spacial score (nSPS) is 18.2. The van der Waals surface area contributed by atoms with E-state index in [0.29, 0.717) is 0 Å². The minimum Gasteiger partial charge on any atom is -0.271 e. The number of rotatable bonds is 5. The van der Waals surface area contributed by atoms with Crippen LogP contribution in [0.5, 0.6) is 0 Å². The SMILES string of the molecule is Cc1nc(CC(NN)C2(c3ccccc3)CC2)cs1. The summed E-state index contributed by atoms with van der Waals surface area (Å²) < 4.78 is 0. The Hall–Kier alpha value is -1.23. The minimum atomic E-state index is 0.202. The molecule has 3 N–H and O–H groups in total. The maximum Gasteiger partial charge on any atom is 0.0897 e. The maximum atomic E-state index is 5.82. The topological polar surface area (TPSA) is 50.9 Å². The van der Waals surface area contributed by atoms with Crippen molar-refractivity contribution >= 4 is 11.3 Å². The fourth-order valence-corrected chi connectivity index (χ4v) is 3.49. The third-order valence-electron chi connectivity index (χ3n) is 4.09. The first-order valence-corrected chi connectivity index (χ1v) is 7.55. The summed E-state index contributed by atoms with van der Waals surface area (Å²) in [4.78, 5) is 4.56. The zero-order chi connectivity index (χ0) is 13.3. The number of nitrogens with zero attached hydrogens (tertiary/aromatic N) is 1. The lowest BCUT2D eigenvalue weighted by molar-refractivity contribution is 0.418. The fraction of sp³-hybridized carbons (Fsp3) is 0.400. The molecule has 1 aromatic carbocycles. The highest BCUT2D eigenvalue weighted by Gasteiger charge is 2.50. The van der Waals surface area contributed by atoms with Crippen molar-refractivity contribution < 1.29 is 0 Å². The Bertz CT molecular complexity index is 546. The predicted octanol–water partition coefficient (Wildman–Crippen LogP) is 2.56. The first-order chi connectivity index (χ1) is 9.24. The van der Waals surface area contributed by atoms with Crippen molar-refractivity contribution in [2.24, 2.45) is 5.84 Å². The molecule has 1 fully saturated rings. The number of aryl methyl sites for hydroxylation is 1. The van der Waals surface area contributed by atoms with E-state index in [0.717, 1.165) is 17.1 Å². The summed E-state index contributed by atoms with van der Waals surface area (Å²) >= 11 is 1.70. The Labute approximate surface area is 117 Å². The summed E-state index contributed by atoms with van der Waals surface area (Å²) in [6.45, 7) is 2.04. The van der Waals surface area contributed by atoms with E-state index in [2.05, 4.69) is 46.1 Å². The molecule has 1 atom stereocenters. The summed E-state index contributed by atoms with van der Waals surface area (Å²) in [6, 6.07) is 11.0. The minimum absolute atomic E-state index is 0.202. The van der Waals surface area contributed by atoms with Gasteiger partial charge in [-0.2, -0.15) is 0 Å². The molecule has 2 aromatic rings. The van der Waals surface area contributed by atoms with Gasteiger partial charge in [-0.3, -0.25) is 11.3 Å². The summed E-state index contributed by atoms with van der Waals surface area (Å²) in [6.07, 6.45) is 3.31. The molecule has 0 aliphatic heterocycles. The van der Waals surface area contributed by atoms with E-state index >= 15 is 0 Å². The van der Waals surface area contributed by atoms with Crippen LogP contribution in [0, 0.1) is 6.92 Å². The van der Waals surface area contributed by atoms with Crippen LogP contribution in [0.15, 0.2) is 35.7 Å². The van der Waals surface area contributed by atoms with Crippen molar-refractivity contribution in [2.75, 3.05) is 0 Å². The van der Waals surface area contributed by atoms with Crippen LogP contribution in [0.2, 0.25) is 0 Å². The molecule has 1 unspecified atom stereocenters. The molecule has 100 valence electrons. The van der Waals surface area contributed by atoms with E-state index in [1.54, 1.807) is 11.3 Å². The van der Waals surface area contributed by atoms with Gasteiger partial charge in [0.25, 0.3) is 0 Å². The van der Waals surface area contributed by atoms with Gasteiger partial charge in [0.2, 0.25) is 0 Å². The number of aromatic nitrogens is 1. The van der Waals surface area contributed by atoms with E-state index < -0.39 is 0 Å². The fourth-order valence-electron chi connectivity index (χ4n) is 2.87. The Morgan fingerprint density at radius 3 is 2.63 bits per heavy atom. The van der Waals surface area contributed by atoms with E-state index in [1.165, 1.54) is 18.4 Å². The number of nitrogens with two attached hydrogens (primary N) is 1. The van der Waals surface area contributed by atoms with Crippen LogP contribution in [0.1, 0.15) is 29.1 Å². The molecule has 19 heavy (non-hydrogen) atoms. The highest BCUT2D eigenvalue weighted by molar-refractivity contribution is 7.09. The zero-order valence-electron chi connectivity index (χ0n) is 11.1. The average molecular weight is 273 g/mol. The number of thiazole rings is 1. The lowest BCUT2D eigenvalue weighted by Crippen LogP contribution is -2.45. The van der Waals surface area contributed by atoms with E-state index in [-0.39, 0.29) is 11.5 Å². The Morgan fingerprint density at radius 2 is 2.11 bits per heavy atom. The molecule has 4 heteroatoms. The van der Waals surface area contributed by atoms with Gasteiger partial charge < -0.3 is 0 Å². The van der Waals surface area contributed by atoms with Gasteiger partial charge in [-0.1, -0.05) is 30.3 Å². The molecular formula is C15H19N3S. The number of nitrogens with one attached hydrogen (secondary N) is 1. The standard InChI is InChI=1S/C15H19N3S/c1-11-17-13(10-19-11)9-14(18-16)15(7-8-15)12-5-3-2-4-6-12/h2-6,10,14,18H,7-9,16H2,1H3. The molecule has 1 aliphatic rings. The summed E-state index contributed by atoms with van der Waals surface area (Å²) in [7, 11) is 0. The quantitative estimate of drug-likeness (QED) is 0.650. The number of hydrogen-bond donors (Lipinski definition) is 2. The molecule has 1 aliphatic carbocycles. The monoisotopic (exact) mass is 273 g/mol. The van der Waals surface area contributed by atoms with Gasteiger partial charge in [0, 0.05) is 23.3 Å². The Morgan fingerprint density at radius 1 is 1.37 bits per heavy atom. The molecule has 0 spiro atoms. The molecule has 0 radical (unpaired) electrons. The van der Waals surface area contributed by atoms with Crippen molar-refractivity contribution in [3.05, 3.63) is 52.0 Å². The molecule has 0 saturated heterocycles. The van der Waals surface area contributed by atoms with E-state index in [4.69, 9.17) is 5.84 Å². The van der Waals surface area contributed by atoms with Crippen molar-refractivity contribution in [3.63, 3.8) is 0 Å². The molecule has 3 rings (SSSR count). The molecule has 3 nitrogen and oxygen atoms in total. The summed E-state index contributed by atoms with van der Waals surface area (Å²) in [5, 5.41) is 3.26. The lowest BCUT2D eigenvalue weighted by atomic mass is 9.86. The molecule has 1 saturated carbocycles. The van der Waals surface area contributed by atoms with Gasteiger partial charge >= 0.3 is 0 Å². The van der Waals surface area contributed by atoms with Gasteiger partial charge in [0.15, 0.2) is 0 Å². The van der Waals surface area contributed by atoms with Crippen LogP contribution in [0.25, 0.3) is 0 Å². The van der Waals surface area contributed by atoms with Crippen LogP contribution < -0.4 is 11.3 Å². The number of hydrogen-bond acceptors (Lipinski definition) is 4. The first kappa shape index (κ1) is 12.8. The largest absolute Gasteiger partial charge is 0.271 e. The first-order valence-electron chi connectivity index (χ1n) is 6.67. The van der Waals surface area contributed by atoms with Crippen LogP contribution in [-0.4, -0.2) is 11.0 Å². The second kappa shape index (κ2) is 5.04. The summed E-state index contributed by atoms with van der Waals surface area (Å²) in [5.41, 5.74) is 5.77. The molecule has 1 heterocycles. The van der Waals surface area contributed by atoms with E-state index in [9.17, 15) is 0 Å². The smallest absolute Gasteiger partial charge is 0.0897 e. The Balaban J connectivity index is 1.82. The van der Waals surface area contributed by atoms with Gasteiger partial charge in [-0.05, 0) is 25.3 Å². The van der Waals surface area contributed by atoms with Gasteiger partial charge in [0.05, 0.1) is 10.7 Å². The van der Waals surface area contributed by atoms with Crippen molar-refractivity contribution in [1.82, 2.24) is 10.4 Å². The third kappa shape index (κ3) is 2.43. The molecule has 0 amide bonds. The van der Waals surface area contributed by atoms with Crippen molar-refractivity contribution in [3.8, 4) is 0 Å². The van der Waals surface area contributed by atoms with Crippen LogP contribution in [-0.2, 0) is 11.8 Å². The number of hydrazine groups is 1. The highest BCUT2D eigenvalue weighted by Crippen LogP contribution is 2.51. The summed E-state index contributed by atoms with van der Waals surface area (Å²) in [5.74, 6) is 5.82. The molecule has 0 bridgehead atoms. The van der Waals surface area contributed by atoms with Crippen molar-refractivity contribution in [2.45, 2.75) is 37.6 Å². The molecule has 1 aromatic heterocycles. The second-order valence-corrected chi connectivity index (χ2v) is 6.37. The maximum absolute atomic E-state index is 5.82. The van der Waals surface area contributed by atoms with Gasteiger partial charge in [-0.15, -0.1) is 11.3 Å².